The summed E-state index contributed by atoms with van der Waals surface area (Å²) in [5, 5.41) is 21.9. The molecule has 4 aromatic rings. The molecule has 0 radical (unpaired) electrons. The molecule has 5 heterocycles. The van der Waals surface area contributed by atoms with Crippen LogP contribution < -0.4 is 9.64 Å². The summed E-state index contributed by atoms with van der Waals surface area (Å²) in [7, 11) is 0. The van der Waals surface area contributed by atoms with E-state index in [-0.39, 0.29) is 84.3 Å². The second kappa shape index (κ2) is 11.4. The number of phenolic OH excluding ortho intramolecular Hbond substituents is 1. The molecule has 0 spiro atoms. The highest BCUT2D eigenvalue weighted by atomic mass is 19.4. The zero-order chi connectivity index (χ0) is 33.3. The number of hydrogen-bond donors (Lipinski definition) is 2. The number of anilines is 1. The number of fused-ring (bicyclic) bond motifs is 3. The molecule has 47 heavy (non-hydrogen) atoms. The van der Waals surface area contributed by atoms with Crippen molar-refractivity contribution in [3.8, 4) is 23.0 Å². The normalized spacial score (nSPS) is 25.2. The van der Waals surface area contributed by atoms with E-state index in [9.17, 15) is 32.2 Å². The molecule has 7 rings (SSSR count). The number of phenols is 1. The van der Waals surface area contributed by atoms with Crippen LogP contribution in [0.15, 0.2) is 30.5 Å². The van der Waals surface area contributed by atoms with Crippen LogP contribution in [-0.4, -0.2) is 86.3 Å². The quantitative estimate of drug-likeness (QED) is 0.235. The van der Waals surface area contributed by atoms with Gasteiger partial charge in [-0.3, -0.25) is 9.88 Å². The van der Waals surface area contributed by atoms with Crippen LogP contribution in [0.3, 0.4) is 0 Å². The molecule has 2 N–H and O–H groups in total. The highest BCUT2D eigenvalue weighted by molar-refractivity contribution is 6.01. The summed E-state index contributed by atoms with van der Waals surface area (Å²) in [6.07, 6.45) is -3.28. The number of alkyl halides is 4. The fourth-order valence-corrected chi connectivity index (χ4v) is 7.64. The molecule has 14 heteroatoms. The largest absolute Gasteiger partial charge is 0.508 e. The van der Waals surface area contributed by atoms with Crippen molar-refractivity contribution in [1.29, 1.82) is 0 Å². The molecule has 0 bridgehead atoms. The number of aliphatic hydroxyl groups is 1. The lowest BCUT2D eigenvalue weighted by Crippen LogP contribution is -2.57. The minimum Gasteiger partial charge on any atom is -0.508 e. The number of halogens is 6. The number of aromatic hydroxyl groups is 1. The predicted molar refractivity (Wildman–Crippen MR) is 162 cm³/mol. The van der Waals surface area contributed by atoms with Crippen LogP contribution in [0.2, 0.25) is 0 Å². The number of aryl methyl sites for hydroxylation is 1. The van der Waals surface area contributed by atoms with Gasteiger partial charge < -0.3 is 19.8 Å². The van der Waals surface area contributed by atoms with Crippen LogP contribution >= 0.6 is 0 Å². The van der Waals surface area contributed by atoms with Crippen LogP contribution in [-0.2, 0) is 6.42 Å². The van der Waals surface area contributed by atoms with Crippen LogP contribution in [0.5, 0.6) is 11.8 Å². The Morgan fingerprint density at radius 2 is 1.87 bits per heavy atom. The summed E-state index contributed by atoms with van der Waals surface area (Å²) in [4.78, 5) is 16.3. The first-order chi connectivity index (χ1) is 22.3. The number of hydrogen-bond acceptors (Lipinski definition) is 8. The van der Waals surface area contributed by atoms with Gasteiger partial charge in [0.15, 0.2) is 11.4 Å². The third-order valence-corrected chi connectivity index (χ3v) is 9.93. The molecule has 1 unspecified atom stereocenters. The van der Waals surface area contributed by atoms with Gasteiger partial charge in [-0.15, -0.1) is 0 Å². The van der Waals surface area contributed by atoms with E-state index in [2.05, 4.69) is 15.0 Å². The van der Waals surface area contributed by atoms with Gasteiger partial charge in [0, 0.05) is 31.3 Å². The fraction of sp³-hybridized carbons (Fsp3) is 0.485. The smallest absolute Gasteiger partial charge is 0.418 e. The topological polar surface area (TPSA) is 94.8 Å². The Morgan fingerprint density at radius 1 is 1.09 bits per heavy atom. The summed E-state index contributed by atoms with van der Waals surface area (Å²) < 4.78 is 93.9. The molecular formula is C33H33F6N5O3. The average molecular weight is 662 g/mol. The zero-order valence-electron chi connectivity index (χ0n) is 25.5. The van der Waals surface area contributed by atoms with E-state index in [1.165, 1.54) is 35.4 Å². The number of piperidine rings is 1. The van der Waals surface area contributed by atoms with E-state index in [0.29, 0.717) is 23.7 Å². The lowest BCUT2D eigenvalue weighted by Gasteiger charge is -2.40. The van der Waals surface area contributed by atoms with E-state index < -0.39 is 48.1 Å². The third-order valence-electron chi connectivity index (χ3n) is 9.93. The number of aromatic nitrogens is 3. The van der Waals surface area contributed by atoms with Gasteiger partial charge in [-0.2, -0.15) is 23.1 Å². The molecule has 2 aromatic heterocycles. The van der Waals surface area contributed by atoms with Crippen molar-refractivity contribution in [2.75, 3.05) is 37.7 Å². The molecule has 250 valence electrons. The number of β-amino-alcohol motifs (C(OH)–C–C–N with tert-alkyl or cyclic N) is 1. The standard InChI is InChI=1S/C33H33F6N5O3/c1-2-21-24(35)6-5-18-11-20(45)12-22(25(18)21)27-26(36)28-23(14-40-27)29(43-9-4-8-32(46,16-43)33(37,38)39)42-30(41-28)47-17-31-7-3-10-44(31)15-19(34)13-31/h5-6,11-12,14,19,45-46H,2-4,7-10,13,15-17H2,1H3/t19-,31+,32?/m1/s1. The molecule has 3 atom stereocenters. The van der Waals surface area contributed by atoms with Crippen LogP contribution in [0.4, 0.5) is 32.2 Å². The van der Waals surface area contributed by atoms with Crippen LogP contribution in [0.1, 0.15) is 44.6 Å². The molecular weight excluding hydrogens is 628 g/mol. The summed E-state index contributed by atoms with van der Waals surface area (Å²) in [6, 6.07) is 5.10. The minimum atomic E-state index is -4.93. The average Bonchev–Trinajstić information content (AvgIpc) is 3.55. The molecule has 8 nitrogen and oxygen atoms in total. The van der Waals surface area contributed by atoms with Crippen molar-refractivity contribution in [2.24, 2.45) is 0 Å². The van der Waals surface area contributed by atoms with Crippen molar-refractivity contribution in [1.82, 2.24) is 19.9 Å². The zero-order valence-corrected chi connectivity index (χ0v) is 25.5. The Kier molecular flexibility index (Phi) is 7.66. The van der Waals surface area contributed by atoms with E-state index in [1.54, 1.807) is 6.92 Å². The Balaban J connectivity index is 1.38. The predicted octanol–water partition coefficient (Wildman–Crippen LogP) is 6.24. The monoisotopic (exact) mass is 661 g/mol. The first kappa shape index (κ1) is 31.7. The fourth-order valence-electron chi connectivity index (χ4n) is 7.64. The van der Waals surface area contributed by atoms with Crippen LogP contribution in [0.25, 0.3) is 32.9 Å². The molecule has 2 aromatic carbocycles. The van der Waals surface area contributed by atoms with Gasteiger partial charge in [-0.25, -0.2) is 13.2 Å². The summed E-state index contributed by atoms with van der Waals surface area (Å²) in [5.74, 6) is -1.82. The van der Waals surface area contributed by atoms with E-state index in [1.807, 2.05) is 4.90 Å². The van der Waals surface area contributed by atoms with E-state index >= 15 is 4.39 Å². The van der Waals surface area contributed by atoms with Gasteiger partial charge >= 0.3 is 12.2 Å². The van der Waals surface area contributed by atoms with Gasteiger partial charge in [0.2, 0.25) is 0 Å². The van der Waals surface area contributed by atoms with Gasteiger partial charge in [0.05, 0.1) is 17.5 Å². The minimum absolute atomic E-state index is 0.0131. The Bertz CT molecular complexity index is 1880. The number of rotatable bonds is 6. The maximum atomic E-state index is 16.7. The number of ether oxygens (including phenoxy) is 1. The van der Waals surface area contributed by atoms with Gasteiger partial charge in [-0.1, -0.05) is 13.0 Å². The summed E-state index contributed by atoms with van der Waals surface area (Å²) in [5.41, 5.74) is -3.84. The maximum Gasteiger partial charge on any atom is 0.418 e. The molecule has 0 aliphatic carbocycles. The van der Waals surface area contributed by atoms with E-state index in [0.717, 1.165) is 6.42 Å². The third kappa shape index (κ3) is 5.29. The SMILES string of the molecule is CCc1c(F)ccc2cc(O)cc(-c3ncc4c(N5CCCC(O)(C(F)(F)F)C5)nc(OC[C@@]56CCCN5C[C@H](F)C6)nc4c3F)c12. The maximum absolute atomic E-state index is 16.7. The van der Waals surface area contributed by atoms with Crippen molar-refractivity contribution in [3.05, 3.63) is 47.7 Å². The highest BCUT2D eigenvalue weighted by Crippen LogP contribution is 2.43. The molecule has 3 saturated heterocycles. The first-order valence-corrected chi connectivity index (χ1v) is 15.7. The highest BCUT2D eigenvalue weighted by Gasteiger charge is 2.56. The molecule has 3 aliphatic heterocycles. The van der Waals surface area contributed by atoms with Crippen molar-refractivity contribution < 1.29 is 41.3 Å². The van der Waals surface area contributed by atoms with E-state index in [4.69, 9.17) is 4.74 Å². The van der Waals surface area contributed by atoms with Crippen molar-refractivity contribution in [2.45, 2.75) is 68.9 Å². The summed E-state index contributed by atoms with van der Waals surface area (Å²) in [6.45, 7) is 1.90. The number of pyridine rings is 1. The van der Waals surface area contributed by atoms with Gasteiger partial charge in [-0.05, 0) is 73.2 Å². The summed E-state index contributed by atoms with van der Waals surface area (Å²) >= 11 is 0. The lowest BCUT2D eigenvalue weighted by molar-refractivity contribution is -0.261. The number of benzene rings is 2. The second-order valence-electron chi connectivity index (χ2n) is 12.9. The lowest BCUT2D eigenvalue weighted by atomic mass is 9.92. The number of nitrogens with zero attached hydrogens (tertiary/aromatic N) is 5. The van der Waals surface area contributed by atoms with Gasteiger partial charge in [0.25, 0.3) is 0 Å². The first-order valence-electron chi connectivity index (χ1n) is 15.7. The van der Waals surface area contributed by atoms with Crippen LogP contribution in [0, 0.1) is 11.6 Å². The molecule has 3 aliphatic rings. The Hall–Kier alpha value is -3.91. The Labute approximate surface area is 266 Å². The molecule has 3 fully saturated rings. The Morgan fingerprint density at radius 3 is 2.64 bits per heavy atom. The van der Waals surface area contributed by atoms with Crippen molar-refractivity contribution in [3.63, 3.8) is 0 Å². The second-order valence-corrected chi connectivity index (χ2v) is 12.9. The van der Waals surface area contributed by atoms with Crippen molar-refractivity contribution >= 4 is 27.5 Å². The molecule has 0 amide bonds. The molecule has 0 saturated carbocycles. The van der Waals surface area contributed by atoms with Gasteiger partial charge in [0.1, 0.15) is 41.4 Å².